The number of urea groups is 1. The smallest absolute Gasteiger partial charge is 0.335 e. The zero-order valence-electron chi connectivity index (χ0n) is 12.3. The molecule has 1 unspecified atom stereocenters. The van der Waals surface area contributed by atoms with Crippen LogP contribution in [-0.2, 0) is 6.54 Å². The molecule has 0 fully saturated rings. The van der Waals surface area contributed by atoms with E-state index < -0.39 is 0 Å². The van der Waals surface area contributed by atoms with E-state index in [1.165, 1.54) is 5.56 Å². The zero-order chi connectivity index (χ0) is 15.4. The molecule has 0 radical (unpaired) electrons. The van der Waals surface area contributed by atoms with Crippen molar-refractivity contribution in [3.05, 3.63) is 65.7 Å². The highest BCUT2D eigenvalue weighted by molar-refractivity contribution is 6.07. The monoisotopic (exact) mass is 294 g/mol. The van der Waals surface area contributed by atoms with Crippen LogP contribution in [0.5, 0.6) is 0 Å². The SMILES string of the molecule is CC1NC(=O)NN=C1c1ccc(NCc2ccccc2)cc1. The molecule has 0 aliphatic carbocycles. The molecule has 0 spiro atoms. The molecule has 1 atom stereocenters. The molecule has 1 heterocycles. The number of amides is 2. The Bertz CT molecular complexity index is 680. The minimum absolute atomic E-state index is 0.100. The molecule has 112 valence electrons. The highest BCUT2D eigenvalue weighted by atomic mass is 16.2. The number of nitrogens with one attached hydrogen (secondary N) is 3. The first-order valence-electron chi connectivity index (χ1n) is 7.25. The van der Waals surface area contributed by atoms with Crippen molar-refractivity contribution in [1.29, 1.82) is 0 Å². The van der Waals surface area contributed by atoms with Gasteiger partial charge >= 0.3 is 6.03 Å². The average molecular weight is 294 g/mol. The van der Waals surface area contributed by atoms with Crippen LogP contribution in [0.2, 0.25) is 0 Å². The molecular weight excluding hydrogens is 276 g/mol. The van der Waals surface area contributed by atoms with Crippen molar-refractivity contribution in [1.82, 2.24) is 10.7 Å². The molecule has 0 bridgehead atoms. The summed E-state index contributed by atoms with van der Waals surface area (Å²) in [4.78, 5) is 11.2. The van der Waals surface area contributed by atoms with Crippen LogP contribution >= 0.6 is 0 Å². The fourth-order valence-corrected chi connectivity index (χ4v) is 2.38. The van der Waals surface area contributed by atoms with E-state index in [2.05, 4.69) is 33.3 Å². The standard InChI is InChI=1S/C17H18N4O/c1-12-16(20-21-17(22)19-12)14-7-9-15(10-8-14)18-11-13-5-3-2-4-6-13/h2-10,12,18H,11H2,1H3,(H2,19,21,22). The normalized spacial score (nSPS) is 17.2. The molecule has 5 heteroatoms. The van der Waals surface area contributed by atoms with Crippen LogP contribution in [0.15, 0.2) is 59.7 Å². The second-order valence-electron chi connectivity index (χ2n) is 5.22. The van der Waals surface area contributed by atoms with Crippen LogP contribution in [0.25, 0.3) is 0 Å². The second-order valence-corrected chi connectivity index (χ2v) is 5.22. The van der Waals surface area contributed by atoms with Crippen molar-refractivity contribution in [2.45, 2.75) is 19.5 Å². The van der Waals surface area contributed by atoms with Crippen molar-refractivity contribution in [3.63, 3.8) is 0 Å². The van der Waals surface area contributed by atoms with Crippen LogP contribution in [0.3, 0.4) is 0 Å². The fraction of sp³-hybridized carbons (Fsp3) is 0.176. The van der Waals surface area contributed by atoms with Gasteiger partial charge in [-0.3, -0.25) is 0 Å². The maximum absolute atomic E-state index is 11.2. The predicted molar refractivity (Wildman–Crippen MR) is 87.9 cm³/mol. The van der Waals surface area contributed by atoms with Crippen LogP contribution in [0.1, 0.15) is 18.1 Å². The van der Waals surface area contributed by atoms with E-state index in [1.807, 2.05) is 49.4 Å². The van der Waals surface area contributed by atoms with Gasteiger partial charge < -0.3 is 10.6 Å². The van der Waals surface area contributed by atoms with Crippen molar-refractivity contribution < 1.29 is 4.79 Å². The third-order valence-electron chi connectivity index (χ3n) is 3.56. The molecule has 0 saturated carbocycles. The molecule has 1 aliphatic rings. The Kier molecular flexibility index (Phi) is 4.05. The topological polar surface area (TPSA) is 65.5 Å². The number of benzene rings is 2. The Morgan fingerprint density at radius 3 is 2.50 bits per heavy atom. The Hall–Kier alpha value is -2.82. The molecule has 2 aromatic rings. The van der Waals surface area contributed by atoms with E-state index in [4.69, 9.17) is 0 Å². The summed E-state index contributed by atoms with van der Waals surface area (Å²) in [6, 6.07) is 17.9. The first-order chi connectivity index (χ1) is 10.7. The molecule has 5 nitrogen and oxygen atoms in total. The lowest BCUT2D eigenvalue weighted by Crippen LogP contribution is -2.48. The van der Waals surface area contributed by atoms with Gasteiger partial charge in [0.15, 0.2) is 0 Å². The van der Waals surface area contributed by atoms with Gasteiger partial charge in [0, 0.05) is 17.8 Å². The Morgan fingerprint density at radius 2 is 1.82 bits per heavy atom. The van der Waals surface area contributed by atoms with E-state index in [0.717, 1.165) is 23.5 Å². The van der Waals surface area contributed by atoms with Gasteiger partial charge in [0.25, 0.3) is 0 Å². The highest BCUT2D eigenvalue weighted by Crippen LogP contribution is 2.14. The lowest BCUT2D eigenvalue weighted by atomic mass is 10.0. The predicted octanol–water partition coefficient (Wildman–Crippen LogP) is 2.70. The maximum Gasteiger partial charge on any atom is 0.335 e. The molecular formula is C17H18N4O. The number of carbonyl (C=O) groups excluding carboxylic acids is 1. The molecule has 2 aromatic carbocycles. The van der Waals surface area contributed by atoms with E-state index in [9.17, 15) is 4.79 Å². The summed E-state index contributed by atoms with van der Waals surface area (Å²) in [6.07, 6.45) is 0. The van der Waals surface area contributed by atoms with Crippen molar-refractivity contribution in [3.8, 4) is 0 Å². The van der Waals surface area contributed by atoms with Gasteiger partial charge in [-0.05, 0) is 24.6 Å². The van der Waals surface area contributed by atoms with Crippen molar-refractivity contribution in [2.24, 2.45) is 5.10 Å². The summed E-state index contributed by atoms with van der Waals surface area (Å²) in [7, 11) is 0. The number of rotatable bonds is 4. The second kappa shape index (κ2) is 6.30. The van der Waals surface area contributed by atoms with Crippen LogP contribution in [0.4, 0.5) is 10.5 Å². The summed E-state index contributed by atoms with van der Waals surface area (Å²) in [5.41, 5.74) is 6.55. The lowest BCUT2D eigenvalue weighted by molar-refractivity contribution is 0.239. The fourth-order valence-electron chi connectivity index (χ4n) is 2.38. The first-order valence-corrected chi connectivity index (χ1v) is 7.25. The number of hydrazone groups is 1. The number of hydrogen-bond donors (Lipinski definition) is 3. The molecule has 3 N–H and O–H groups in total. The quantitative estimate of drug-likeness (QED) is 0.811. The van der Waals surface area contributed by atoms with Crippen molar-refractivity contribution in [2.75, 3.05) is 5.32 Å². The third kappa shape index (κ3) is 3.25. The van der Waals surface area contributed by atoms with Crippen LogP contribution in [0, 0.1) is 0 Å². The minimum atomic E-state index is -0.266. The Labute approximate surface area is 129 Å². The number of carbonyl (C=O) groups is 1. The maximum atomic E-state index is 11.2. The lowest BCUT2D eigenvalue weighted by Gasteiger charge is -2.21. The van der Waals surface area contributed by atoms with Gasteiger partial charge in [-0.25, -0.2) is 10.2 Å². The number of hydrogen-bond acceptors (Lipinski definition) is 3. The van der Waals surface area contributed by atoms with Gasteiger partial charge in [-0.2, -0.15) is 5.10 Å². The Balaban J connectivity index is 1.67. The van der Waals surface area contributed by atoms with E-state index in [-0.39, 0.29) is 12.1 Å². The summed E-state index contributed by atoms with van der Waals surface area (Å²) in [5.74, 6) is 0. The number of anilines is 1. The summed E-state index contributed by atoms with van der Waals surface area (Å²) in [6.45, 7) is 2.70. The Morgan fingerprint density at radius 1 is 1.09 bits per heavy atom. The largest absolute Gasteiger partial charge is 0.381 e. The minimum Gasteiger partial charge on any atom is -0.381 e. The first kappa shape index (κ1) is 14.1. The van der Waals surface area contributed by atoms with Gasteiger partial charge in [0.05, 0.1) is 11.8 Å². The molecule has 0 aromatic heterocycles. The number of nitrogens with zero attached hydrogens (tertiary/aromatic N) is 1. The summed E-state index contributed by atoms with van der Waals surface area (Å²) in [5, 5.41) is 10.3. The summed E-state index contributed by atoms with van der Waals surface area (Å²) >= 11 is 0. The van der Waals surface area contributed by atoms with E-state index in [1.54, 1.807) is 0 Å². The van der Waals surface area contributed by atoms with Gasteiger partial charge in [0.2, 0.25) is 0 Å². The third-order valence-corrected chi connectivity index (χ3v) is 3.56. The van der Waals surface area contributed by atoms with Gasteiger partial charge in [0.1, 0.15) is 0 Å². The van der Waals surface area contributed by atoms with E-state index in [0.29, 0.717) is 0 Å². The molecule has 3 rings (SSSR count). The molecule has 1 aliphatic heterocycles. The molecule has 22 heavy (non-hydrogen) atoms. The van der Waals surface area contributed by atoms with Crippen LogP contribution in [-0.4, -0.2) is 17.8 Å². The average Bonchev–Trinajstić information content (AvgIpc) is 2.55. The van der Waals surface area contributed by atoms with E-state index >= 15 is 0 Å². The highest BCUT2D eigenvalue weighted by Gasteiger charge is 2.19. The van der Waals surface area contributed by atoms with Gasteiger partial charge in [-0.15, -0.1) is 0 Å². The van der Waals surface area contributed by atoms with Crippen LogP contribution < -0.4 is 16.1 Å². The molecule has 0 saturated heterocycles. The summed E-state index contributed by atoms with van der Waals surface area (Å²) < 4.78 is 0. The zero-order valence-corrected chi connectivity index (χ0v) is 12.3. The molecule has 2 amide bonds. The van der Waals surface area contributed by atoms with Gasteiger partial charge in [-0.1, -0.05) is 42.5 Å². The van der Waals surface area contributed by atoms with Crippen molar-refractivity contribution >= 4 is 17.4 Å².